The first kappa shape index (κ1) is 15.6. The van der Waals surface area contributed by atoms with Gasteiger partial charge in [0.25, 0.3) is 0 Å². The van der Waals surface area contributed by atoms with Gasteiger partial charge in [0.15, 0.2) is 9.84 Å². The molecule has 0 aliphatic heterocycles. The third-order valence-corrected chi connectivity index (χ3v) is 4.73. The van der Waals surface area contributed by atoms with Crippen molar-refractivity contribution >= 4 is 25.8 Å². The van der Waals surface area contributed by atoms with Crippen molar-refractivity contribution in [3.8, 4) is 0 Å². The molecule has 1 aromatic carbocycles. The Kier molecular flexibility index (Phi) is 6.28. The lowest BCUT2D eigenvalue weighted by atomic mass is 10.4. The van der Waals surface area contributed by atoms with Crippen LogP contribution >= 0.6 is 15.9 Å². The van der Waals surface area contributed by atoms with Crippen LogP contribution in [-0.4, -0.2) is 38.5 Å². The van der Waals surface area contributed by atoms with Crippen LogP contribution in [0.5, 0.6) is 0 Å². The number of benzene rings is 1. The lowest BCUT2D eigenvalue weighted by molar-refractivity contribution is 0.194. The van der Waals surface area contributed by atoms with Gasteiger partial charge in [-0.2, -0.15) is 0 Å². The minimum Gasteiger partial charge on any atom is -0.391 e. The van der Waals surface area contributed by atoms with E-state index in [1.807, 2.05) is 6.92 Å². The van der Waals surface area contributed by atoms with Gasteiger partial charge in [0.1, 0.15) is 0 Å². The Morgan fingerprint density at radius 3 is 2.50 bits per heavy atom. The minimum atomic E-state index is -3.42. The van der Waals surface area contributed by atoms with Crippen LogP contribution < -0.4 is 5.32 Å². The van der Waals surface area contributed by atoms with Crippen molar-refractivity contribution in [2.24, 2.45) is 0 Å². The molecule has 18 heavy (non-hydrogen) atoms. The maximum atomic E-state index is 12.0. The van der Waals surface area contributed by atoms with E-state index in [0.29, 0.717) is 6.54 Å². The summed E-state index contributed by atoms with van der Waals surface area (Å²) in [5, 5.41) is 12.7. The van der Waals surface area contributed by atoms with Crippen LogP contribution in [0.1, 0.15) is 13.3 Å². The van der Waals surface area contributed by atoms with Gasteiger partial charge in [0, 0.05) is 11.0 Å². The minimum absolute atomic E-state index is 0.236. The number of aliphatic hydroxyl groups excluding tert-OH is 1. The van der Waals surface area contributed by atoms with Crippen molar-refractivity contribution in [2.45, 2.75) is 24.3 Å². The van der Waals surface area contributed by atoms with Gasteiger partial charge in [-0.3, -0.25) is 0 Å². The molecular formula is C12H18BrNO3S. The molecule has 102 valence electrons. The highest BCUT2D eigenvalue weighted by Crippen LogP contribution is 2.16. The zero-order chi connectivity index (χ0) is 13.6. The Morgan fingerprint density at radius 1 is 1.33 bits per heavy atom. The van der Waals surface area contributed by atoms with E-state index in [4.69, 9.17) is 0 Å². The van der Waals surface area contributed by atoms with E-state index in [9.17, 15) is 13.5 Å². The molecule has 0 aliphatic rings. The summed E-state index contributed by atoms with van der Waals surface area (Å²) in [6, 6.07) is 6.42. The van der Waals surface area contributed by atoms with Gasteiger partial charge in [0.05, 0.1) is 16.8 Å². The van der Waals surface area contributed by atoms with Gasteiger partial charge in [-0.05, 0) is 37.2 Å². The van der Waals surface area contributed by atoms with E-state index in [-0.39, 0.29) is 10.6 Å². The van der Waals surface area contributed by atoms with E-state index in [2.05, 4.69) is 21.2 Å². The van der Waals surface area contributed by atoms with Crippen LogP contribution in [0, 0.1) is 0 Å². The molecule has 0 amide bonds. The van der Waals surface area contributed by atoms with E-state index in [1.165, 1.54) is 12.1 Å². The SMILES string of the molecule is CCCNCC(O)CS(=O)(=O)c1ccc(Br)cc1. The van der Waals surface area contributed by atoms with Gasteiger partial charge in [-0.25, -0.2) is 8.42 Å². The summed E-state index contributed by atoms with van der Waals surface area (Å²) in [6.45, 7) is 3.08. The lowest BCUT2D eigenvalue weighted by Gasteiger charge is -2.12. The summed E-state index contributed by atoms with van der Waals surface area (Å²) in [5.74, 6) is -0.259. The van der Waals surface area contributed by atoms with E-state index < -0.39 is 15.9 Å². The Morgan fingerprint density at radius 2 is 1.94 bits per heavy atom. The highest BCUT2D eigenvalue weighted by Gasteiger charge is 2.19. The summed E-state index contributed by atoms with van der Waals surface area (Å²) in [6.07, 6.45) is 0.0665. The molecule has 4 nitrogen and oxygen atoms in total. The summed E-state index contributed by atoms with van der Waals surface area (Å²) in [7, 11) is -3.42. The van der Waals surface area contributed by atoms with Crippen molar-refractivity contribution in [2.75, 3.05) is 18.8 Å². The number of sulfone groups is 1. The normalized spacial score (nSPS) is 13.5. The summed E-state index contributed by atoms with van der Waals surface area (Å²) < 4.78 is 24.8. The van der Waals surface area contributed by atoms with Crippen LogP contribution in [0.25, 0.3) is 0 Å². The van der Waals surface area contributed by atoms with Crippen molar-refractivity contribution in [1.82, 2.24) is 5.32 Å². The molecular weight excluding hydrogens is 318 g/mol. The molecule has 6 heteroatoms. The predicted molar refractivity (Wildman–Crippen MR) is 75.4 cm³/mol. The molecule has 0 aliphatic carbocycles. The zero-order valence-electron chi connectivity index (χ0n) is 10.3. The van der Waals surface area contributed by atoms with Gasteiger partial charge < -0.3 is 10.4 Å². The van der Waals surface area contributed by atoms with Crippen LogP contribution in [0.2, 0.25) is 0 Å². The van der Waals surface area contributed by atoms with Gasteiger partial charge in [0.2, 0.25) is 0 Å². The first-order valence-electron chi connectivity index (χ1n) is 5.83. The standard InChI is InChI=1S/C12H18BrNO3S/c1-2-7-14-8-11(15)9-18(16,17)12-5-3-10(13)4-6-12/h3-6,11,14-15H,2,7-9H2,1H3. The van der Waals surface area contributed by atoms with Crippen molar-refractivity contribution in [3.63, 3.8) is 0 Å². The molecule has 0 saturated heterocycles. The van der Waals surface area contributed by atoms with Gasteiger partial charge >= 0.3 is 0 Å². The number of aliphatic hydroxyl groups is 1. The van der Waals surface area contributed by atoms with E-state index in [1.54, 1.807) is 12.1 Å². The number of hydrogen-bond donors (Lipinski definition) is 2. The molecule has 0 spiro atoms. The highest BCUT2D eigenvalue weighted by molar-refractivity contribution is 9.10. The second-order valence-electron chi connectivity index (χ2n) is 4.09. The van der Waals surface area contributed by atoms with Crippen LogP contribution in [0.4, 0.5) is 0 Å². The number of nitrogens with one attached hydrogen (secondary N) is 1. The average Bonchev–Trinajstić information content (AvgIpc) is 2.29. The molecule has 0 saturated carbocycles. The second-order valence-corrected chi connectivity index (χ2v) is 7.04. The average molecular weight is 336 g/mol. The molecule has 2 N–H and O–H groups in total. The molecule has 0 radical (unpaired) electrons. The smallest absolute Gasteiger partial charge is 0.180 e. The topological polar surface area (TPSA) is 66.4 Å². The summed E-state index contributed by atoms with van der Waals surface area (Å²) in [4.78, 5) is 0.236. The van der Waals surface area contributed by atoms with Crippen LogP contribution in [0.15, 0.2) is 33.6 Å². The number of hydrogen-bond acceptors (Lipinski definition) is 4. The highest BCUT2D eigenvalue weighted by atomic mass is 79.9. The maximum Gasteiger partial charge on any atom is 0.180 e. The first-order chi connectivity index (χ1) is 8.45. The fourth-order valence-corrected chi connectivity index (χ4v) is 3.13. The molecule has 1 aromatic rings. The Hall–Kier alpha value is -0.430. The number of rotatable bonds is 7. The van der Waals surface area contributed by atoms with Crippen molar-refractivity contribution in [1.29, 1.82) is 0 Å². The maximum absolute atomic E-state index is 12.0. The zero-order valence-corrected chi connectivity index (χ0v) is 12.7. The molecule has 0 bridgehead atoms. The quantitative estimate of drug-likeness (QED) is 0.742. The van der Waals surface area contributed by atoms with E-state index in [0.717, 1.165) is 17.4 Å². The fourth-order valence-electron chi connectivity index (χ4n) is 1.50. The molecule has 1 rings (SSSR count). The van der Waals surface area contributed by atoms with Crippen molar-refractivity contribution < 1.29 is 13.5 Å². The fraction of sp³-hybridized carbons (Fsp3) is 0.500. The van der Waals surface area contributed by atoms with Crippen LogP contribution in [0.3, 0.4) is 0 Å². The first-order valence-corrected chi connectivity index (χ1v) is 8.27. The third kappa shape index (κ3) is 5.06. The monoisotopic (exact) mass is 335 g/mol. The van der Waals surface area contributed by atoms with Gasteiger partial charge in [-0.1, -0.05) is 22.9 Å². The predicted octanol–water partition coefficient (Wildman–Crippen LogP) is 1.58. The summed E-state index contributed by atoms with van der Waals surface area (Å²) in [5.41, 5.74) is 0. The molecule has 1 atom stereocenters. The molecule has 1 unspecified atom stereocenters. The van der Waals surface area contributed by atoms with Gasteiger partial charge in [-0.15, -0.1) is 0 Å². The Balaban J connectivity index is 2.61. The third-order valence-electron chi connectivity index (χ3n) is 2.39. The largest absolute Gasteiger partial charge is 0.391 e. The Labute approximate surface area is 116 Å². The van der Waals surface area contributed by atoms with Crippen LogP contribution in [-0.2, 0) is 9.84 Å². The molecule has 0 aromatic heterocycles. The molecule has 0 fully saturated rings. The Bertz CT molecular complexity index is 459. The lowest BCUT2D eigenvalue weighted by Crippen LogP contribution is -2.32. The number of halogens is 1. The second kappa shape index (κ2) is 7.23. The van der Waals surface area contributed by atoms with E-state index >= 15 is 0 Å². The van der Waals surface area contributed by atoms with Crippen molar-refractivity contribution in [3.05, 3.63) is 28.7 Å². The summed E-state index contributed by atoms with van der Waals surface area (Å²) >= 11 is 3.25. The molecule has 0 heterocycles.